The Morgan fingerprint density at radius 2 is 1.87 bits per heavy atom. The van der Waals surface area contributed by atoms with Crippen LogP contribution in [0.2, 0.25) is 0 Å². The highest BCUT2D eigenvalue weighted by atomic mass is 32.2. The second-order valence-electron chi connectivity index (χ2n) is 3.52. The van der Waals surface area contributed by atoms with Gasteiger partial charge in [0.25, 0.3) is 0 Å². The minimum absolute atomic E-state index is 0.196. The van der Waals surface area contributed by atoms with Crippen LogP contribution in [0, 0.1) is 0 Å². The molecule has 0 aromatic heterocycles. The second-order valence-corrected chi connectivity index (χ2v) is 5.78. The van der Waals surface area contributed by atoms with Crippen molar-refractivity contribution in [1.82, 2.24) is 0 Å². The van der Waals surface area contributed by atoms with Gasteiger partial charge in [0.2, 0.25) is 0 Å². The maximum absolute atomic E-state index is 10.8. The zero-order valence-electron chi connectivity index (χ0n) is 8.85. The van der Waals surface area contributed by atoms with Gasteiger partial charge in [0.05, 0.1) is 12.4 Å². The summed E-state index contributed by atoms with van der Waals surface area (Å²) in [5.41, 5.74) is 1.11. The molecule has 0 heterocycles. The molecule has 0 saturated carbocycles. The van der Waals surface area contributed by atoms with Crippen molar-refractivity contribution in [1.29, 1.82) is 0 Å². The van der Waals surface area contributed by atoms with Crippen LogP contribution in [0.5, 0.6) is 0 Å². The fourth-order valence-corrected chi connectivity index (χ4v) is 1.83. The molecule has 0 amide bonds. The van der Waals surface area contributed by atoms with Crippen LogP contribution in [0.25, 0.3) is 0 Å². The SMILES string of the molecule is CS(=O)(=O)CCCOCc1ccccc1. The average Bonchev–Trinajstić information content (AvgIpc) is 2.17. The highest BCUT2D eigenvalue weighted by Gasteiger charge is 2.00. The van der Waals surface area contributed by atoms with Crippen LogP contribution in [-0.2, 0) is 21.2 Å². The van der Waals surface area contributed by atoms with Crippen molar-refractivity contribution in [3.63, 3.8) is 0 Å². The lowest BCUT2D eigenvalue weighted by Gasteiger charge is -2.03. The van der Waals surface area contributed by atoms with Crippen LogP contribution in [-0.4, -0.2) is 27.0 Å². The topological polar surface area (TPSA) is 43.4 Å². The molecule has 3 nitrogen and oxygen atoms in total. The molecule has 84 valence electrons. The second kappa shape index (κ2) is 5.88. The quantitative estimate of drug-likeness (QED) is 0.695. The summed E-state index contributed by atoms with van der Waals surface area (Å²) in [7, 11) is -2.85. The molecule has 0 atom stereocenters. The molecule has 15 heavy (non-hydrogen) atoms. The molecule has 1 aromatic rings. The van der Waals surface area contributed by atoms with Crippen molar-refractivity contribution in [3.8, 4) is 0 Å². The zero-order valence-corrected chi connectivity index (χ0v) is 9.66. The van der Waals surface area contributed by atoms with Crippen LogP contribution in [0.4, 0.5) is 0 Å². The summed E-state index contributed by atoms with van der Waals surface area (Å²) in [5, 5.41) is 0. The molecule has 0 bridgehead atoms. The highest BCUT2D eigenvalue weighted by molar-refractivity contribution is 7.90. The predicted molar refractivity (Wildman–Crippen MR) is 60.4 cm³/mol. The number of hydrogen-bond donors (Lipinski definition) is 0. The smallest absolute Gasteiger partial charge is 0.147 e. The first kappa shape index (κ1) is 12.2. The third-order valence-electron chi connectivity index (χ3n) is 1.92. The van der Waals surface area contributed by atoms with Gasteiger partial charge in [-0.15, -0.1) is 0 Å². The van der Waals surface area contributed by atoms with Crippen LogP contribution >= 0.6 is 0 Å². The van der Waals surface area contributed by atoms with E-state index in [1.54, 1.807) is 0 Å². The summed E-state index contributed by atoms with van der Waals surface area (Å²) < 4.78 is 27.0. The average molecular weight is 228 g/mol. The van der Waals surface area contributed by atoms with E-state index < -0.39 is 9.84 Å². The van der Waals surface area contributed by atoms with Gasteiger partial charge in [0, 0.05) is 12.9 Å². The van der Waals surface area contributed by atoms with Crippen LogP contribution in [0.15, 0.2) is 30.3 Å². The van der Waals surface area contributed by atoms with Crippen molar-refractivity contribution in [2.45, 2.75) is 13.0 Å². The van der Waals surface area contributed by atoms with E-state index >= 15 is 0 Å². The molecular weight excluding hydrogens is 212 g/mol. The first-order valence-corrected chi connectivity index (χ1v) is 6.93. The summed E-state index contributed by atoms with van der Waals surface area (Å²) in [4.78, 5) is 0. The first-order valence-electron chi connectivity index (χ1n) is 4.87. The number of sulfone groups is 1. The molecule has 0 radical (unpaired) electrons. The predicted octanol–water partition coefficient (Wildman–Crippen LogP) is 1.64. The normalized spacial score (nSPS) is 11.5. The minimum Gasteiger partial charge on any atom is -0.377 e. The van der Waals surface area contributed by atoms with Crippen molar-refractivity contribution in [2.75, 3.05) is 18.6 Å². The summed E-state index contributed by atoms with van der Waals surface area (Å²) in [6.07, 6.45) is 1.80. The van der Waals surface area contributed by atoms with Gasteiger partial charge in [-0.2, -0.15) is 0 Å². The van der Waals surface area contributed by atoms with Crippen LogP contribution in [0.1, 0.15) is 12.0 Å². The van der Waals surface area contributed by atoms with Gasteiger partial charge >= 0.3 is 0 Å². The standard InChI is InChI=1S/C11H16O3S/c1-15(12,13)9-5-8-14-10-11-6-3-2-4-7-11/h2-4,6-7H,5,8-10H2,1H3. The zero-order chi connectivity index (χ0) is 11.1. The Kier molecular flexibility index (Phi) is 4.78. The van der Waals surface area contributed by atoms with Crippen molar-refractivity contribution in [3.05, 3.63) is 35.9 Å². The Morgan fingerprint density at radius 3 is 2.47 bits per heavy atom. The largest absolute Gasteiger partial charge is 0.377 e. The highest BCUT2D eigenvalue weighted by Crippen LogP contribution is 2.01. The van der Waals surface area contributed by atoms with Crippen molar-refractivity contribution >= 4 is 9.84 Å². The first-order chi connectivity index (χ1) is 7.08. The molecule has 0 fully saturated rings. The molecule has 0 aliphatic heterocycles. The fourth-order valence-electron chi connectivity index (χ4n) is 1.19. The maximum atomic E-state index is 10.8. The lowest BCUT2D eigenvalue weighted by atomic mass is 10.2. The molecule has 4 heteroatoms. The Labute approximate surface area is 91.0 Å². The van der Waals surface area contributed by atoms with E-state index in [1.165, 1.54) is 6.26 Å². The van der Waals surface area contributed by atoms with E-state index in [9.17, 15) is 8.42 Å². The van der Waals surface area contributed by atoms with Gasteiger partial charge in [0.15, 0.2) is 0 Å². The molecule has 0 spiro atoms. The van der Waals surface area contributed by atoms with E-state index in [0.717, 1.165) is 5.56 Å². The minimum atomic E-state index is -2.85. The van der Waals surface area contributed by atoms with E-state index in [-0.39, 0.29) is 5.75 Å². The van der Waals surface area contributed by atoms with Gasteiger partial charge in [-0.1, -0.05) is 30.3 Å². The van der Waals surface area contributed by atoms with E-state index in [2.05, 4.69) is 0 Å². The summed E-state index contributed by atoms with van der Waals surface area (Å²) in [5.74, 6) is 0.196. The van der Waals surface area contributed by atoms with Crippen molar-refractivity contribution < 1.29 is 13.2 Å². The molecule has 0 saturated heterocycles. The molecule has 0 unspecified atom stereocenters. The summed E-state index contributed by atoms with van der Waals surface area (Å²) in [6, 6.07) is 9.82. The Balaban J connectivity index is 2.13. The molecule has 0 aliphatic rings. The van der Waals surface area contributed by atoms with Gasteiger partial charge in [-0.25, -0.2) is 8.42 Å². The monoisotopic (exact) mass is 228 g/mol. The number of hydrogen-bond acceptors (Lipinski definition) is 3. The summed E-state index contributed by atoms with van der Waals surface area (Å²) >= 11 is 0. The van der Waals surface area contributed by atoms with E-state index in [4.69, 9.17) is 4.74 Å². The number of ether oxygens (including phenoxy) is 1. The lowest BCUT2D eigenvalue weighted by molar-refractivity contribution is 0.122. The maximum Gasteiger partial charge on any atom is 0.147 e. The molecule has 1 aromatic carbocycles. The van der Waals surface area contributed by atoms with Gasteiger partial charge in [0.1, 0.15) is 9.84 Å². The lowest BCUT2D eigenvalue weighted by Crippen LogP contribution is -2.06. The Hall–Kier alpha value is -0.870. The molecule has 0 aliphatic carbocycles. The van der Waals surface area contributed by atoms with Crippen molar-refractivity contribution in [2.24, 2.45) is 0 Å². The van der Waals surface area contributed by atoms with Gasteiger partial charge < -0.3 is 4.74 Å². The van der Waals surface area contributed by atoms with E-state index in [1.807, 2.05) is 30.3 Å². The Bertz CT molecular complexity index is 370. The van der Waals surface area contributed by atoms with Crippen LogP contribution in [0.3, 0.4) is 0 Å². The fraction of sp³-hybridized carbons (Fsp3) is 0.455. The van der Waals surface area contributed by atoms with Gasteiger partial charge in [-0.05, 0) is 12.0 Å². The third kappa shape index (κ3) is 6.25. The number of benzene rings is 1. The molecule has 0 N–H and O–H groups in total. The molecular formula is C11H16O3S. The Morgan fingerprint density at radius 1 is 1.20 bits per heavy atom. The van der Waals surface area contributed by atoms with Crippen LogP contribution < -0.4 is 0 Å². The van der Waals surface area contributed by atoms with E-state index in [0.29, 0.717) is 19.6 Å². The number of rotatable bonds is 6. The third-order valence-corrected chi connectivity index (χ3v) is 2.95. The van der Waals surface area contributed by atoms with Gasteiger partial charge in [-0.3, -0.25) is 0 Å². The summed E-state index contributed by atoms with van der Waals surface area (Å²) in [6.45, 7) is 1.03. The molecule has 1 rings (SSSR count).